The van der Waals surface area contributed by atoms with Gasteiger partial charge >= 0.3 is 0 Å². The topological polar surface area (TPSA) is 69.4 Å². The molecule has 2 rings (SSSR count). The number of thioether (sulfide) groups is 1. The standard InChI is InChI=1S/C15H26N4OS/c1-17-14(19-13-5-3-4-12(13)10-16)18-11-15(21-2)6-8-20-9-7-15/h12-13H,3-9,11H2,1-2H3,(H2,17,18,19). The van der Waals surface area contributed by atoms with E-state index in [9.17, 15) is 0 Å². The van der Waals surface area contributed by atoms with Crippen LogP contribution in [-0.2, 0) is 4.74 Å². The van der Waals surface area contributed by atoms with Crippen molar-refractivity contribution in [3.8, 4) is 6.07 Å². The van der Waals surface area contributed by atoms with Crippen molar-refractivity contribution >= 4 is 17.7 Å². The Labute approximate surface area is 131 Å². The molecule has 1 aliphatic heterocycles. The van der Waals surface area contributed by atoms with E-state index in [4.69, 9.17) is 10.00 Å². The molecule has 6 heteroatoms. The third-order valence-corrected chi connectivity index (χ3v) is 6.06. The van der Waals surface area contributed by atoms with Gasteiger partial charge in [0.05, 0.1) is 12.0 Å². The maximum absolute atomic E-state index is 9.17. The summed E-state index contributed by atoms with van der Waals surface area (Å²) in [5.74, 6) is 0.934. The largest absolute Gasteiger partial charge is 0.381 e. The van der Waals surface area contributed by atoms with Crippen molar-refractivity contribution in [2.75, 3.05) is 33.1 Å². The Kier molecular flexibility index (Phi) is 6.19. The molecule has 0 spiro atoms. The van der Waals surface area contributed by atoms with Gasteiger partial charge in [0.2, 0.25) is 0 Å². The summed E-state index contributed by atoms with van der Waals surface area (Å²) < 4.78 is 5.71. The smallest absolute Gasteiger partial charge is 0.191 e. The quantitative estimate of drug-likeness (QED) is 0.611. The molecule has 0 amide bonds. The van der Waals surface area contributed by atoms with E-state index in [-0.39, 0.29) is 16.7 Å². The molecule has 118 valence electrons. The first-order chi connectivity index (χ1) is 10.2. The molecule has 2 unspecified atom stereocenters. The predicted molar refractivity (Wildman–Crippen MR) is 87.5 cm³/mol. The molecule has 1 heterocycles. The number of rotatable bonds is 4. The number of ether oxygens (including phenoxy) is 1. The lowest BCUT2D eigenvalue weighted by atomic mass is 9.99. The van der Waals surface area contributed by atoms with Crippen LogP contribution in [0.5, 0.6) is 0 Å². The summed E-state index contributed by atoms with van der Waals surface area (Å²) in [5.41, 5.74) is 0. The molecule has 2 fully saturated rings. The summed E-state index contributed by atoms with van der Waals surface area (Å²) in [6, 6.07) is 2.64. The number of hydrogen-bond acceptors (Lipinski definition) is 4. The highest BCUT2D eigenvalue weighted by Gasteiger charge is 2.32. The van der Waals surface area contributed by atoms with Crippen LogP contribution < -0.4 is 10.6 Å². The Morgan fingerprint density at radius 2 is 2.19 bits per heavy atom. The van der Waals surface area contributed by atoms with Crippen LogP contribution in [-0.4, -0.2) is 49.8 Å². The molecule has 21 heavy (non-hydrogen) atoms. The molecule has 1 aliphatic carbocycles. The zero-order valence-electron chi connectivity index (χ0n) is 13.0. The van der Waals surface area contributed by atoms with Crippen LogP contribution >= 0.6 is 11.8 Å². The zero-order chi connectivity index (χ0) is 15.1. The SMILES string of the molecule is CN=C(NCC1(SC)CCOCC1)NC1CCCC1C#N. The maximum Gasteiger partial charge on any atom is 0.191 e. The van der Waals surface area contributed by atoms with E-state index in [0.29, 0.717) is 0 Å². The molecule has 0 bridgehead atoms. The Balaban J connectivity index is 1.86. The first-order valence-electron chi connectivity index (χ1n) is 7.73. The van der Waals surface area contributed by atoms with Gasteiger partial charge in [0.25, 0.3) is 0 Å². The average Bonchev–Trinajstić information content (AvgIpc) is 2.99. The highest BCUT2D eigenvalue weighted by molar-refractivity contribution is 8.00. The minimum absolute atomic E-state index is 0.112. The van der Waals surface area contributed by atoms with Crippen molar-refractivity contribution in [2.24, 2.45) is 10.9 Å². The first kappa shape index (κ1) is 16.4. The molecule has 0 aromatic heterocycles. The average molecular weight is 310 g/mol. The lowest BCUT2D eigenvalue weighted by Gasteiger charge is -2.36. The van der Waals surface area contributed by atoms with Crippen molar-refractivity contribution in [1.82, 2.24) is 10.6 Å². The number of hydrogen-bond donors (Lipinski definition) is 2. The number of nitrogens with one attached hydrogen (secondary N) is 2. The number of nitriles is 1. The fourth-order valence-corrected chi connectivity index (χ4v) is 3.89. The number of aliphatic imine (C=N–C) groups is 1. The fourth-order valence-electron chi connectivity index (χ4n) is 3.10. The van der Waals surface area contributed by atoms with E-state index in [1.54, 1.807) is 7.05 Å². The normalized spacial score (nSPS) is 28.9. The summed E-state index contributed by atoms with van der Waals surface area (Å²) in [5, 5.41) is 16.0. The number of guanidine groups is 1. The Bertz CT molecular complexity index is 401. The Morgan fingerprint density at radius 1 is 1.43 bits per heavy atom. The van der Waals surface area contributed by atoms with Crippen LogP contribution in [0.4, 0.5) is 0 Å². The van der Waals surface area contributed by atoms with Crippen LogP contribution in [0.3, 0.4) is 0 Å². The highest BCUT2D eigenvalue weighted by atomic mass is 32.2. The summed E-state index contributed by atoms with van der Waals surface area (Å²) in [4.78, 5) is 4.31. The molecule has 2 N–H and O–H groups in total. The first-order valence-corrected chi connectivity index (χ1v) is 8.95. The molecular formula is C15H26N4OS. The summed E-state index contributed by atoms with van der Waals surface area (Å²) in [7, 11) is 1.79. The van der Waals surface area contributed by atoms with Crippen molar-refractivity contribution < 1.29 is 4.74 Å². The second-order valence-electron chi connectivity index (χ2n) is 5.84. The molecule has 5 nitrogen and oxygen atoms in total. The van der Waals surface area contributed by atoms with E-state index in [0.717, 1.165) is 57.8 Å². The summed E-state index contributed by atoms with van der Waals surface area (Å²) in [6.07, 6.45) is 7.49. The van der Waals surface area contributed by atoms with Gasteiger partial charge < -0.3 is 15.4 Å². The minimum atomic E-state index is 0.112. The van der Waals surface area contributed by atoms with Crippen molar-refractivity contribution in [3.05, 3.63) is 0 Å². The lowest BCUT2D eigenvalue weighted by molar-refractivity contribution is 0.0782. The Hall–Kier alpha value is -0.930. The highest BCUT2D eigenvalue weighted by Crippen LogP contribution is 2.33. The molecule has 1 saturated carbocycles. The molecule has 0 aromatic carbocycles. The second-order valence-corrected chi connectivity index (χ2v) is 7.12. The van der Waals surface area contributed by atoms with Crippen molar-refractivity contribution in [1.29, 1.82) is 5.26 Å². The van der Waals surface area contributed by atoms with Crippen molar-refractivity contribution in [2.45, 2.75) is 42.9 Å². The summed E-state index contributed by atoms with van der Waals surface area (Å²) >= 11 is 1.92. The Morgan fingerprint density at radius 3 is 2.81 bits per heavy atom. The third kappa shape index (κ3) is 4.27. The lowest BCUT2D eigenvalue weighted by Crippen LogP contribution is -2.50. The van der Waals surface area contributed by atoms with Crippen LogP contribution in [0, 0.1) is 17.2 Å². The van der Waals surface area contributed by atoms with Gasteiger partial charge in [-0.3, -0.25) is 4.99 Å². The minimum Gasteiger partial charge on any atom is -0.381 e. The van der Waals surface area contributed by atoms with Gasteiger partial charge in [-0.2, -0.15) is 17.0 Å². The molecular weight excluding hydrogens is 284 g/mol. The van der Waals surface area contributed by atoms with E-state index in [2.05, 4.69) is 28.0 Å². The van der Waals surface area contributed by atoms with Gasteiger partial charge in [-0.15, -0.1) is 0 Å². The van der Waals surface area contributed by atoms with Crippen LogP contribution in [0.1, 0.15) is 32.1 Å². The third-order valence-electron chi connectivity index (χ3n) is 4.64. The van der Waals surface area contributed by atoms with E-state index >= 15 is 0 Å². The molecule has 0 aromatic rings. The van der Waals surface area contributed by atoms with Gasteiger partial charge in [0, 0.05) is 37.6 Å². The van der Waals surface area contributed by atoms with Crippen LogP contribution in [0.15, 0.2) is 4.99 Å². The van der Waals surface area contributed by atoms with Gasteiger partial charge in [-0.05, 0) is 38.4 Å². The molecule has 2 atom stereocenters. The van der Waals surface area contributed by atoms with Crippen molar-refractivity contribution in [3.63, 3.8) is 0 Å². The maximum atomic E-state index is 9.17. The van der Waals surface area contributed by atoms with Gasteiger partial charge in [0.15, 0.2) is 5.96 Å². The predicted octanol–water partition coefficient (Wildman–Crippen LogP) is 1.76. The zero-order valence-corrected chi connectivity index (χ0v) is 13.8. The second kappa shape index (κ2) is 7.90. The number of nitrogens with zero attached hydrogens (tertiary/aromatic N) is 2. The summed E-state index contributed by atoms with van der Waals surface area (Å²) in [6.45, 7) is 2.57. The monoisotopic (exact) mass is 310 g/mol. The fraction of sp³-hybridized carbons (Fsp3) is 0.867. The molecule has 1 saturated heterocycles. The van der Waals surface area contributed by atoms with E-state index in [1.165, 1.54) is 0 Å². The van der Waals surface area contributed by atoms with Gasteiger partial charge in [-0.25, -0.2) is 0 Å². The van der Waals surface area contributed by atoms with Crippen LogP contribution in [0.2, 0.25) is 0 Å². The van der Waals surface area contributed by atoms with E-state index in [1.807, 2.05) is 11.8 Å². The molecule has 2 aliphatic rings. The molecule has 0 radical (unpaired) electrons. The van der Waals surface area contributed by atoms with Gasteiger partial charge in [-0.1, -0.05) is 0 Å². The van der Waals surface area contributed by atoms with Crippen LogP contribution in [0.25, 0.3) is 0 Å². The van der Waals surface area contributed by atoms with Gasteiger partial charge in [0.1, 0.15) is 0 Å². The van der Waals surface area contributed by atoms with E-state index < -0.39 is 0 Å².